The summed E-state index contributed by atoms with van der Waals surface area (Å²) in [4.78, 5) is 50.4. The van der Waals surface area contributed by atoms with E-state index in [2.05, 4.69) is 10.6 Å². The molecule has 0 saturated carbocycles. The molecule has 0 bridgehead atoms. The number of carbonyl (C=O) groups excluding carboxylic acids is 4. The number of nitrogens with one attached hydrogen (secondary N) is 2. The lowest BCUT2D eigenvalue weighted by molar-refractivity contribution is -0.141. The van der Waals surface area contributed by atoms with Crippen molar-refractivity contribution < 1.29 is 19.2 Å². The molecule has 1 atom stereocenters. The van der Waals surface area contributed by atoms with Crippen molar-refractivity contribution in [1.29, 1.82) is 0 Å². The summed E-state index contributed by atoms with van der Waals surface area (Å²) >= 11 is 0. The second-order valence-electron chi connectivity index (χ2n) is 6.28. The van der Waals surface area contributed by atoms with Gasteiger partial charge >= 0.3 is 0 Å². The van der Waals surface area contributed by atoms with Gasteiger partial charge in [-0.25, -0.2) is 0 Å². The minimum atomic E-state index is -0.678. The summed E-state index contributed by atoms with van der Waals surface area (Å²) in [6.45, 7) is 1.78. The van der Waals surface area contributed by atoms with Crippen LogP contribution in [0.15, 0.2) is 0 Å². The molecule has 154 valence electrons. The Balaban J connectivity index is 2.52. The lowest BCUT2D eigenvalue weighted by Crippen LogP contribution is -2.56. The number of unbranched alkanes of at least 4 members (excludes halogenated alkanes) is 1. The molecule has 1 heterocycles. The molecule has 0 aromatic rings. The van der Waals surface area contributed by atoms with Crippen LogP contribution in [0.25, 0.3) is 0 Å². The van der Waals surface area contributed by atoms with Crippen LogP contribution >= 0.6 is 0 Å². The maximum absolute atomic E-state index is 12.8. The normalized spacial score (nSPS) is 15.2. The highest BCUT2D eigenvalue weighted by Gasteiger charge is 2.29. The Hall–Kier alpha value is -2.24. The SMILES string of the molecule is NCC(=O)NCCCCC(NC(=O)CN)C(=O)N1CCN(C(=O)CN)CC1. The Labute approximate surface area is 158 Å². The van der Waals surface area contributed by atoms with Crippen LogP contribution in [0.3, 0.4) is 0 Å². The van der Waals surface area contributed by atoms with Crippen LogP contribution < -0.4 is 27.8 Å². The van der Waals surface area contributed by atoms with Gasteiger partial charge in [0.1, 0.15) is 6.04 Å². The van der Waals surface area contributed by atoms with Gasteiger partial charge in [-0.1, -0.05) is 0 Å². The van der Waals surface area contributed by atoms with Gasteiger partial charge in [0, 0.05) is 32.7 Å². The first-order valence-corrected chi connectivity index (χ1v) is 9.15. The quantitative estimate of drug-likeness (QED) is 0.240. The standard InChI is InChI=1S/C16H31N7O4/c17-9-13(24)20-4-2-1-3-12(21-14(25)10-18)16(27)23-7-5-22(6-8-23)15(26)11-19/h12H,1-11,17-19H2,(H,20,24)(H,21,25). The van der Waals surface area contributed by atoms with E-state index < -0.39 is 11.9 Å². The molecule has 1 aliphatic rings. The van der Waals surface area contributed by atoms with Crippen LogP contribution in [0.1, 0.15) is 19.3 Å². The van der Waals surface area contributed by atoms with Crippen LogP contribution in [0, 0.1) is 0 Å². The highest BCUT2D eigenvalue weighted by atomic mass is 16.2. The molecule has 1 saturated heterocycles. The number of hydrogen-bond donors (Lipinski definition) is 5. The summed E-state index contributed by atoms with van der Waals surface area (Å²) in [5, 5.41) is 5.31. The predicted octanol–water partition coefficient (Wildman–Crippen LogP) is -3.70. The van der Waals surface area contributed by atoms with Crippen molar-refractivity contribution in [3.63, 3.8) is 0 Å². The van der Waals surface area contributed by atoms with E-state index in [1.54, 1.807) is 9.80 Å². The van der Waals surface area contributed by atoms with E-state index >= 15 is 0 Å². The largest absolute Gasteiger partial charge is 0.355 e. The Morgan fingerprint density at radius 3 is 1.96 bits per heavy atom. The maximum atomic E-state index is 12.8. The van der Waals surface area contributed by atoms with Gasteiger partial charge < -0.3 is 37.6 Å². The molecule has 1 fully saturated rings. The molecule has 8 N–H and O–H groups in total. The first-order chi connectivity index (χ1) is 12.9. The second-order valence-corrected chi connectivity index (χ2v) is 6.28. The van der Waals surface area contributed by atoms with Crippen molar-refractivity contribution in [2.45, 2.75) is 25.3 Å². The van der Waals surface area contributed by atoms with Crippen LogP contribution in [0.2, 0.25) is 0 Å². The van der Waals surface area contributed by atoms with Crippen LogP contribution in [-0.4, -0.2) is 91.8 Å². The molecular formula is C16H31N7O4. The van der Waals surface area contributed by atoms with E-state index in [1.165, 1.54) is 0 Å². The molecule has 27 heavy (non-hydrogen) atoms. The fraction of sp³-hybridized carbons (Fsp3) is 0.750. The third-order valence-corrected chi connectivity index (χ3v) is 4.36. The Morgan fingerprint density at radius 1 is 0.815 bits per heavy atom. The van der Waals surface area contributed by atoms with Crippen LogP contribution in [0.5, 0.6) is 0 Å². The van der Waals surface area contributed by atoms with E-state index in [4.69, 9.17) is 17.2 Å². The number of rotatable bonds is 10. The van der Waals surface area contributed by atoms with Gasteiger partial charge in [-0.05, 0) is 19.3 Å². The van der Waals surface area contributed by atoms with Crippen LogP contribution in [0.4, 0.5) is 0 Å². The van der Waals surface area contributed by atoms with Crippen LogP contribution in [-0.2, 0) is 19.2 Å². The van der Waals surface area contributed by atoms with E-state index in [0.29, 0.717) is 52.0 Å². The van der Waals surface area contributed by atoms with Crippen molar-refractivity contribution in [3.05, 3.63) is 0 Å². The molecule has 0 radical (unpaired) electrons. The zero-order chi connectivity index (χ0) is 20.2. The number of carbonyl (C=O) groups is 4. The number of hydrogen-bond acceptors (Lipinski definition) is 7. The summed E-state index contributed by atoms with van der Waals surface area (Å²) in [7, 11) is 0. The van der Waals surface area contributed by atoms with Crippen molar-refractivity contribution in [1.82, 2.24) is 20.4 Å². The maximum Gasteiger partial charge on any atom is 0.245 e. The zero-order valence-electron chi connectivity index (χ0n) is 15.6. The molecule has 1 unspecified atom stereocenters. The molecule has 1 rings (SSSR count). The Kier molecular flexibility index (Phi) is 10.3. The smallest absolute Gasteiger partial charge is 0.245 e. The van der Waals surface area contributed by atoms with Gasteiger partial charge in [-0.15, -0.1) is 0 Å². The monoisotopic (exact) mass is 385 g/mol. The van der Waals surface area contributed by atoms with Gasteiger partial charge in [-0.3, -0.25) is 19.2 Å². The third kappa shape index (κ3) is 7.89. The molecule has 11 heteroatoms. The molecule has 0 aromatic carbocycles. The predicted molar refractivity (Wildman–Crippen MR) is 99.1 cm³/mol. The van der Waals surface area contributed by atoms with E-state index in [1.807, 2.05) is 0 Å². The van der Waals surface area contributed by atoms with E-state index in [9.17, 15) is 19.2 Å². The highest BCUT2D eigenvalue weighted by Crippen LogP contribution is 2.09. The number of amides is 4. The third-order valence-electron chi connectivity index (χ3n) is 4.36. The van der Waals surface area contributed by atoms with Crippen molar-refractivity contribution >= 4 is 23.6 Å². The summed E-state index contributed by atoms with van der Waals surface area (Å²) < 4.78 is 0. The zero-order valence-corrected chi connectivity index (χ0v) is 15.6. The number of piperazine rings is 1. The highest BCUT2D eigenvalue weighted by molar-refractivity contribution is 5.88. The lowest BCUT2D eigenvalue weighted by atomic mass is 10.1. The molecule has 0 aliphatic carbocycles. The van der Waals surface area contributed by atoms with Crippen molar-refractivity contribution in [3.8, 4) is 0 Å². The average molecular weight is 385 g/mol. The van der Waals surface area contributed by atoms with Gasteiger partial charge in [-0.2, -0.15) is 0 Å². The summed E-state index contributed by atoms with van der Waals surface area (Å²) in [6.07, 6.45) is 1.73. The molecule has 4 amide bonds. The summed E-state index contributed by atoms with van der Waals surface area (Å²) in [5.41, 5.74) is 15.9. The molecule has 11 nitrogen and oxygen atoms in total. The van der Waals surface area contributed by atoms with Crippen molar-refractivity contribution in [2.24, 2.45) is 17.2 Å². The first-order valence-electron chi connectivity index (χ1n) is 9.15. The fourth-order valence-corrected chi connectivity index (χ4v) is 2.81. The second kappa shape index (κ2) is 12.2. The van der Waals surface area contributed by atoms with Gasteiger partial charge in [0.2, 0.25) is 23.6 Å². The summed E-state index contributed by atoms with van der Waals surface area (Å²) in [6, 6.07) is -0.678. The minimum Gasteiger partial charge on any atom is -0.355 e. The van der Waals surface area contributed by atoms with Gasteiger partial charge in [0.25, 0.3) is 0 Å². The van der Waals surface area contributed by atoms with E-state index in [0.717, 1.165) is 0 Å². The minimum absolute atomic E-state index is 0.0518. The molecule has 0 aromatic heterocycles. The average Bonchev–Trinajstić information content (AvgIpc) is 2.71. The topological polar surface area (TPSA) is 177 Å². The van der Waals surface area contributed by atoms with Gasteiger partial charge in [0.05, 0.1) is 19.6 Å². The first kappa shape index (κ1) is 22.8. The molecule has 0 spiro atoms. The molecule has 1 aliphatic heterocycles. The Morgan fingerprint density at radius 2 is 1.41 bits per heavy atom. The Bertz CT molecular complexity index is 521. The molecular weight excluding hydrogens is 354 g/mol. The lowest BCUT2D eigenvalue weighted by Gasteiger charge is -2.36. The summed E-state index contributed by atoms with van der Waals surface area (Å²) in [5.74, 6) is -0.970. The van der Waals surface area contributed by atoms with Gasteiger partial charge in [0.15, 0.2) is 0 Å². The van der Waals surface area contributed by atoms with E-state index in [-0.39, 0.29) is 37.4 Å². The number of nitrogens with zero attached hydrogens (tertiary/aromatic N) is 2. The fourth-order valence-electron chi connectivity index (χ4n) is 2.81. The number of nitrogens with two attached hydrogens (primary N) is 3. The van der Waals surface area contributed by atoms with Crippen molar-refractivity contribution in [2.75, 3.05) is 52.4 Å².